The van der Waals surface area contributed by atoms with Gasteiger partial charge in [0.15, 0.2) is 0 Å². The van der Waals surface area contributed by atoms with Crippen LogP contribution in [-0.2, 0) is 14.9 Å². The highest BCUT2D eigenvalue weighted by molar-refractivity contribution is 6.45. The molecular formula is C25H28N2O4. The van der Waals surface area contributed by atoms with Crippen molar-refractivity contribution >= 4 is 22.6 Å². The Labute approximate surface area is 181 Å². The number of benzene rings is 2. The van der Waals surface area contributed by atoms with Crippen LogP contribution in [0.25, 0.3) is 10.9 Å². The summed E-state index contributed by atoms with van der Waals surface area (Å²) < 4.78 is 11.2. The Bertz CT molecular complexity index is 1130. The number of rotatable bonds is 6. The smallest absolute Gasteiger partial charge is 0.292 e. The number of H-pyrrole nitrogens is 1. The lowest BCUT2D eigenvalue weighted by Gasteiger charge is -2.38. The number of ether oxygens (including phenoxy) is 2. The predicted molar refractivity (Wildman–Crippen MR) is 120 cm³/mol. The lowest BCUT2D eigenvalue weighted by molar-refractivity contribution is -0.117. The SMILES string of the molecule is COc1ccc(C)cc1C1(CNC(=O)C(=O)c2c(C)[nH]c3ccccc23)CCOCC1. The van der Waals surface area contributed by atoms with Crippen LogP contribution in [0, 0.1) is 13.8 Å². The number of Topliss-reactive ketones (excluding diaryl/α,β-unsaturated/α-hetero) is 1. The maximum absolute atomic E-state index is 13.0. The van der Waals surface area contributed by atoms with Crippen LogP contribution in [0.1, 0.15) is 40.0 Å². The van der Waals surface area contributed by atoms with Gasteiger partial charge in [-0.05, 0) is 38.8 Å². The molecule has 0 unspecified atom stereocenters. The average Bonchev–Trinajstić information content (AvgIpc) is 3.13. The molecule has 31 heavy (non-hydrogen) atoms. The minimum atomic E-state index is -0.592. The fraction of sp³-hybridized carbons (Fsp3) is 0.360. The Morgan fingerprint density at radius 1 is 1.13 bits per heavy atom. The number of aromatic nitrogens is 1. The molecule has 2 N–H and O–H groups in total. The number of aromatic amines is 1. The van der Waals surface area contributed by atoms with Gasteiger partial charge in [-0.15, -0.1) is 0 Å². The van der Waals surface area contributed by atoms with E-state index in [4.69, 9.17) is 9.47 Å². The molecule has 1 aliphatic rings. The number of para-hydroxylation sites is 1. The number of fused-ring (bicyclic) bond motifs is 1. The van der Waals surface area contributed by atoms with E-state index in [-0.39, 0.29) is 5.41 Å². The van der Waals surface area contributed by atoms with Gasteiger partial charge >= 0.3 is 0 Å². The number of aryl methyl sites for hydroxylation is 2. The molecule has 4 rings (SSSR count). The second-order valence-corrected chi connectivity index (χ2v) is 8.28. The number of hydrogen-bond donors (Lipinski definition) is 2. The zero-order chi connectivity index (χ0) is 22.0. The molecule has 1 fully saturated rings. The van der Waals surface area contributed by atoms with Gasteiger partial charge in [-0.25, -0.2) is 0 Å². The van der Waals surface area contributed by atoms with Gasteiger partial charge < -0.3 is 19.8 Å². The van der Waals surface area contributed by atoms with E-state index in [0.717, 1.165) is 40.6 Å². The summed E-state index contributed by atoms with van der Waals surface area (Å²) in [6.45, 7) is 5.41. The second-order valence-electron chi connectivity index (χ2n) is 8.28. The molecule has 0 saturated carbocycles. The Kier molecular flexibility index (Phi) is 5.83. The van der Waals surface area contributed by atoms with Crippen molar-refractivity contribution in [2.24, 2.45) is 0 Å². The number of hydrogen-bond acceptors (Lipinski definition) is 4. The number of amides is 1. The standard InChI is InChI=1S/C25H28N2O4/c1-16-8-9-21(30-3)19(14-16)25(10-12-31-13-11-25)15-26-24(29)23(28)22-17(2)27-20-7-5-4-6-18(20)22/h4-9,14,27H,10-13,15H2,1-3H3,(H,26,29). The van der Waals surface area contributed by atoms with Gasteiger partial charge in [0.25, 0.3) is 11.7 Å². The summed E-state index contributed by atoms with van der Waals surface area (Å²) in [6.07, 6.45) is 1.49. The van der Waals surface area contributed by atoms with E-state index >= 15 is 0 Å². The molecule has 2 aromatic carbocycles. The zero-order valence-corrected chi connectivity index (χ0v) is 18.2. The first kappa shape index (κ1) is 21.1. The highest BCUT2D eigenvalue weighted by atomic mass is 16.5. The maximum atomic E-state index is 13.0. The summed E-state index contributed by atoms with van der Waals surface area (Å²) in [5.41, 5.74) is 3.81. The zero-order valence-electron chi connectivity index (χ0n) is 18.2. The van der Waals surface area contributed by atoms with Gasteiger partial charge in [0, 0.05) is 47.3 Å². The molecule has 0 radical (unpaired) electrons. The largest absolute Gasteiger partial charge is 0.496 e. The summed E-state index contributed by atoms with van der Waals surface area (Å²) in [4.78, 5) is 29.2. The number of methoxy groups -OCH3 is 1. The summed E-state index contributed by atoms with van der Waals surface area (Å²) in [6, 6.07) is 13.6. The Hall–Kier alpha value is -3.12. The summed E-state index contributed by atoms with van der Waals surface area (Å²) in [5, 5.41) is 3.69. The van der Waals surface area contributed by atoms with Crippen LogP contribution in [0.3, 0.4) is 0 Å². The molecule has 2 heterocycles. The second kappa shape index (κ2) is 8.55. The Balaban J connectivity index is 1.61. The number of ketones is 1. The van der Waals surface area contributed by atoms with Crippen LogP contribution in [0.4, 0.5) is 0 Å². The van der Waals surface area contributed by atoms with Crippen LogP contribution in [0.15, 0.2) is 42.5 Å². The normalized spacial score (nSPS) is 15.6. The van der Waals surface area contributed by atoms with Crippen LogP contribution in [0.2, 0.25) is 0 Å². The lowest BCUT2D eigenvalue weighted by Crippen LogP contribution is -2.46. The quantitative estimate of drug-likeness (QED) is 0.469. The molecule has 1 aromatic heterocycles. The summed E-state index contributed by atoms with van der Waals surface area (Å²) >= 11 is 0. The van der Waals surface area contributed by atoms with Gasteiger partial charge in [-0.2, -0.15) is 0 Å². The molecule has 0 atom stereocenters. The summed E-state index contributed by atoms with van der Waals surface area (Å²) in [5.74, 6) is -0.320. The molecule has 162 valence electrons. The van der Waals surface area contributed by atoms with Gasteiger partial charge in [0.1, 0.15) is 5.75 Å². The third-order valence-corrected chi connectivity index (χ3v) is 6.29. The molecule has 3 aromatic rings. The molecule has 0 aliphatic carbocycles. The van der Waals surface area contributed by atoms with Gasteiger partial charge in [-0.1, -0.05) is 35.9 Å². The maximum Gasteiger partial charge on any atom is 0.292 e. The number of nitrogens with one attached hydrogen (secondary N) is 2. The topological polar surface area (TPSA) is 80.4 Å². The van der Waals surface area contributed by atoms with Crippen molar-refractivity contribution in [3.63, 3.8) is 0 Å². The van der Waals surface area contributed by atoms with Crippen molar-refractivity contribution in [1.82, 2.24) is 10.3 Å². The van der Waals surface area contributed by atoms with E-state index in [1.807, 2.05) is 50.2 Å². The number of carbonyl (C=O) groups is 2. The van der Waals surface area contributed by atoms with Gasteiger partial charge in [0.2, 0.25) is 0 Å². The third-order valence-electron chi connectivity index (χ3n) is 6.29. The van der Waals surface area contributed by atoms with Crippen molar-refractivity contribution in [2.45, 2.75) is 32.1 Å². The van der Waals surface area contributed by atoms with Gasteiger partial charge in [-0.3, -0.25) is 9.59 Å². The van der Waals surface area contributed by atoms with E-state index in [1.54, 1.807) is 7.11 Å². The molecule has 6 heteroatoms. The molecule has 1 aliphatic heterocycles. The molecule has 6 nitrogen and oxygen atoms in total. The molecule has 0 spiro atoms. The first-order chi connectivity index (χ1) is 14.9. The monoisotopic (exact) mass is 420 g/mol. The summed E-state index contributed by atoms with van der Waals surface area (Å²) in [7, 11) is 1.66. The van der Waals surface area contributed by atoms with Crippen molar-refractivity contribution < 1.29 is 19.1 Å². The van der Waals surface area contributed by atoms with E-state index < -0.39 is 11.7 Å². The minimum Gasteiger partial charge on any atom is -0.496 e. The lowest BCUT2D eigenvalue weighted by atomic mass is 9.73. The highest BCUT2D eigenvalue weighted by Gasteiger charge is 2.38. The van der Waals surface area contributed by atoms with Crippen molar-refractivity contribution in [3.05, 3.63) is 64.8 Å². The van der Waals surface area contributed by atoms with E-state index in [0.29, 0.717) is 31.0 Å². The van der Waals surface area contributed by atoms with Crippen molar-refractivity contribution in [3.8, 4) is 5.75 Å². The minimum absolute atomic E-state index is 0.346. The molecular weight excluding hydrogens is 392 g/mol. The number of carbonyl (C=O) groups excluding carboxylic acids is 2. The van der Waals surface area contributed by atoms with E-state index in [2.05, 4.69) is 16.4 Å². The van der Waals surface area contributed by atoms with Crippen molar-refractivity contribution in [2.75, 3.05) is 26.9 Å². The highest BCUT2D eigenvalue weighted by Crippen LogP contribution is 2.40. The first-order valence-electron chi connectivity index (χ1n) is 10.6. The van der Waals surface area contributed by atoms with Crippen LogP contribution in [-0.4, -0.2) is 43.5 Å². The molecule has 1 amide bonds. The van der Waals surface area contributed by atoms with Crippen LogP contribution in [0.5, 0.6) is 5.75 Å². The first-order valence-corrected chi connectivity index (χ1v) is 10.6. The predicted octanol–water partition coefficient (Wildman–Crippen LogP) is 3.84. The fourth-order valence-corrected chi connectivity index (χ4v) is 4.55. The van der Waals surface area contributed by atoms with E-state index in [1.165, 1.54) is 0 Å². The fourth-order valence-electron chi connectivity index (χ4n) is 4.55. The molecule has 0 bridgehead atoms. The van der Waals surface area contributed by atoms with Crippen LogP contribution >= 0.6 is 0 Å². The van der Waals surface area contributed by atoms with Crippen molar-refractivity contribution in [1.29, 1.82) is 0 Å². The Morgan fingerprint density at radius 3 is 2.61 bits per heavy atom. The average molecular weight is 421 g/mol. The van der Waals surface area contributed by atoms with E-state index in [9.17, 15) is 9.59 Å². The third kappa shape index (κ3) is 3.95. The van der Waals surface area contributed by atoms with Gasteiger partial charge in [0.05, 0.1) is 12.7 Å². The van der Waals surface area contributed by atoms with Crippen LogP contribution < -0.4 is 10.1 Å². The molecule has 1 saturated heterocycles. The Morgan fingerprint density at radius 2 is 1.87 bits per heavy atom.